The predicted octanol–water partition coefficient (Wildman–Crippen LogP) is 2.75. The smallest absolute Gasteiger partial charge is 0.190 e. The van der Waals surface area contributed by atoms with Crippen LogP contribution in [0.1, 0.15) is 35.3 Å². The standard InChI is InChI=1S/C14H24N4S.HI/c1-4-12-10(2)19-13(18-12)7-8-16-14(15-3)17-9-11-5-6-11;/h11H,4-9H2,1-3H3,(H2,15,16,17);1H. The molecule has 1 aromatic rings. The van der Waals surface area contributed by atoms with Crippen LogP contribution < -0.4 is 10.6 Å². The Morgan fingerprint density at radius 2 is 2.15 bits per heavy atom. The summed E-state index contributed by atoms with van der Waals surface area (Å²) in [4.78, 5) is 10.2. The largest absolute Gasteiger partial charge is 0.356 e. The van der Waals surface area contributed by atoms with Crippen LogP contribution in [0, 0.1) is 12.8 Å². The van der Waals surface area contributed by atoms with Gasteiger partial charge in [-0.15, -0.1) is 35.3 Å². The number of thiazole rings is 1. The van der Waals surface area contributed by atoms with E-state index in [0.29, 0.717) is 0 Å². The van der Waals surface area contributed by atoms with Crippen molar-refractivity contribution in [2.24, 2.45) is 10.9 Å². The van der Waals surface area contributed by atoms with Crippen LogP contribution in [0.4, 0.5) is 0 Å². The monoisotopic (exact) mass is 408 g/mol. The molecule has 0 spiro atoms. The molecule has 1 aliphatic carbocycles. The molecule has 4 nitrogen and oxygen atoms in total. The van der Waals surface area contributed by atoms with Crippen LogP contribution in [0.15, 0.2) is 4.99 Å². The van der Waals surface area contributed by atoms with Crippen molar-refractivity contribution in [2.45, 2.75) is 39.5 Å². The van der Waals surface area contributed by atoms with Crippen LogP contribution in [0.3, 0.4) is 0 Å². The molecule has 20 heavy (non-hydrogen) atoms. The van der Waals surface area contributed by atoms with Gasteiger partial charge in [0.25, 0.3) is 0 Å². The van der Waals surface area contributed by atoms with Gasteiger partial charge in [0.2, 0.25) is 0 Å². The van der Waals surface area contributed by atoms with Crippen LogP contribution in [-0.4, -0.2) is 31.1 Å². The maximum absolute atomic E-state index is 4.65. The van der Waals surface area contributed by atoms with E-state index in [1.54, 1.807) is 0 Å². The number of guanidine groups is 1. The molecular formula is C14H25IN4S. The minimum atomic E-state index is 0. The molecule has 1 heterocycles. The highest BCUT2D eigenvalue weighted by atomic mass is 127. The quantitative estimate of drug-likeness (QED) is 0.433. The summed E-state index contributed by atoms with van der Waals surface area (Å²) in [6, 6.07) is 0. The van der Waals surface area contributed by atoms with Gasteiger partial charge in [0.05, 0.1) is 10.7 Å². The second-order valence-electron chi connectivity index (χ2n) is 5.04. The number of aryl methyl sites for hydroxylation is 2. The number of rotatable bonds is 6. The maximum atomic E-state index is 4.65. The average Bonchev–Trinajstić information content (AvgIpc) is 3.17. The van der Waals surface area contributed by atoms with Crippen molar-refractivity contribution in [3.05, 3.63) is 15.6 Å². The Bertz CT molecular complexity index is 440. The van der Waals surface area contributed by atoms with Crippen molar-refractivity contribution < 1.29 is 0 Å². The Hall–Kier alpha value is -0.370. The number of aromatic nitrogens is 1. The first-order chi connectivity index (χ1) is 9.22. The van der Waals surface area contributed by atoms with Crippen LogP contribution in [0.25, 0.3) is 0 Å². The number of hydrogen-bond acceptors (Lipinski definition) is 3. The van der Waals surface area contributed by atoms with Crippen LogP contribution in [0.2, 0.25) is 0 Å². The molecule has 1 aliphatic rings. The fourth-order valence-electron chi connectivity index (χ4n) is 1.99. The van der Waals surface area contributed by atoms with E-state index in [-0.39, 0.29) is 24.0 Å². The summed E-state index contributed by atoms with van der Waals surface area (Å²) in [5.41, 5.74) is 1.25. The lowest BCUT2D eigenvalue weighted by atomic mass is 10.3. The van der Waals surface area contributed by atoms with E-state index in [9.17, 15) is 0 Å². The molecular weight excluding hydrogens is 383 g/mol. The van der Waals surface area contributed by atoms with Crippen molar-refractivity contribution in [1.82, 2.24) is 15.6 Å². The highest BCUT2D eigenvalue weighted by Crippen LogP contribution is 2.27. The minimum absolute atomic E-state index is 0. The van der Waals surface area contributed by atoms with E-state index >= 15 is 0 Å². The van der Waals surface area contributed by atoms with Gasteiger partial charge in [-0.25, -0.2) is 4.98 Å². The Morgan fingerprint density at radius 1 is 1.40 bits per heavy atom. The summed E-state index contributed by atoms with van der Waals surface area (Å²) in [6.07, 6.45) is 4.72. The fraction of sp³-hybridized carbons (Fsp3) is 0.714. The predicted molar refractivity (Wildman–Crippen MR) is 97.4 cm³/mol. The molecule has 1 fully saturated rings. The van der Waals surface area contributed by atoms with E-state index in [2.05, 4.69) is 34.5 Å². The highest BCUT2D eigenvalue weighted by Gasteiger charge is 2.20. The van der Waals surface area contributed by atoms with Gasteiger partial charge < -0.3 is 10.6 Å². The zero-order valence-corrected chi connectivity index (χ0v) is 15.7. The SMILES string of the molecule is CCc1nc(CCNC(=NC)NCC2CC2)sc1C.I. The van der Waals surface area contributed by atoms with Gasteiger partial charge in [0, 0.05) is 31.4 Å². The van der Waals surface area contributed by atoms with Crippen molar-refractivity contribution >= 4 is 41.3 Å². The first-order valence-electron chi connectivity index (χ1n) is 7.12. The van der Waals surface area contributed by atoms with Crippen molar-refractivity contribution in [1.29, 1.82) is 0 Å². The molecule has 0 amide bonds. The summed E-state index contributed by atoms with van der Waals surface area (Å²) in [5.74, 6) is 1.78. The number of nitrogens with zero attached hydrogens (tertiary/aromatic N) is 2. The lowest BCUT2D eigenvalue weighted by molar-refractivity contribution is 0.733. The van der Waals surface area contributed by atoms with Crippen molar-refractivity contribution in [3.8, 4) is 0 Å². The van der Waals surface area contributed by atoms with E-state index in [1.165, 1.54) is 28.4 Å². The summed E-state index contributed by atoms with van der Waals surface area (Å²) >= 11 is 1.82. The molecule has 1 saturated carbocycles. The average molecular weight is 408 g/mol. The topological polar surface area (TPSA) is 49.3 Å². The maximum Gasteiger partial charge on any atom is 0.190 e. The van der Waals surface area contributed by atoms with Crippen LogP contribution in [0.5, 0.6) is 0 Å². The molecule has 6 heteroatoms. The summed E-state index contributed by atoms with van der Waals surface area (Å²) in [5, 5.41) is 7.94. The molecule has 2 rings (SSSR count). The second kappa shape index (κ2) is 8.81. The number of hydrogen-bond donors (Lipinski definition) is 2. The Labute approximate surface area is 142 Å². The third-order valence-corrected chi connectivity index (χ3v) is 4.45. The van der Waals surface area contributed by atoms with E-state index in [4.69, 9.17) is 0 Å². The van der Waals surface area contributed by atoms with Gasteiger partial charge in [-0.05, 0) is 32.1 Å². The van der Waals surface area contributed by atoms with E-state index in [0.717, 1.165) is 37.8 Å². The van der Waals surface area contributed by atoms with Crippen LogP contribution in [-0.2, 0) is 12.8 Å². The Kier molecular flexibility index (Phi) is 7.79. The molecule has 0 bridgehead atoms. The second-order valence-corrected chi connectivity index (χ2v) is 6.33. The third kappa shape index (κ3) is 5.55. The molecule has 0 aromatic carbocycles. The molecule has 1 aromatic heterocycles. The lowest BCUT2D eigenvalue weighted by Gasteiger charge is -2.10. The first kappa shape index (κ1) is 17.7. The molecule has 2 N–H and O–H groups in total. The van der Waals surface area contributed by atoms with Gasteiger partial charge in [-0.3, -0.25) is 4.99 Å². The molecule has 0 saturated heterocycles. The number of aliphatic imine (C=N–C) groups is 1. The number of nitrogens with one attached hydrogen (secondary N) is 2. The normalized spacial score (nSPS) is 14.8. The third-order valence-electron chi connectivity index (χ3n) is 3.38. The lowest BCUT2D eigenvalue weighted by Crippen LogP contribution is -2.39. The van der Waals surface area contributed by atoms with Gasteiger partial charge in [0.15, 0.2) is 5.96 Å². The van der Waals surface area contributed by atoms with Crippen molar-refractivity contribution in [2.75, 3.05) is 20.1 Å². The summed E-state index contributed by atoms with van der Waals surface area (Å²) in [6.45, 7) is 6.26. The zero-order chi connectivity index (χ0) is 13.7. The molecule has 0 radical (unpaired) electrons. The zero-order valence-electron chi connectivity index (χ0n) is 12.5. The Balaban J connectivity index is 0.00000200. The first-order valence-corrected chi connectivity index (χ1v) is 7.94. The minimum Gasteiger partial charge on any atom is -0.356 e. The highest BCUT2D eigenvalue weighted by molar-refractivity contribution is 14.0. The molecule has 0 aliphatic heterocycles. The van der Waals surface area contributed by atoms with Gasteiger partial charge in [-0.1, -0.05) is 6.92 Å². The molecule has 0 atom stereocenters. The molecule has 0 unspecified atom stereocenters. The van der Waals surface area contributed by atoms with Gasteiger partial charge in [0.1, 0.15) is 0 Å². The Morgan fingerprint density at radius 3 is 2.70 bits per heavy atom. The van der Waals surface area contributed by atoms with E-state index < -0.39 is 0 Å². The van der Waals surface area contributed by atoms with Crippen LogP contribution >= 0.6 is 35.3 Å². The summed E-state index contributed by atoms with van der Waals surface area (Å²) in [7, 11) is 1.82. The summed E-state index contributed by atoms with van der Waals surface area (Å²) < 4.78 is 0. The van der Waals surface area contributed by atoms with E-state index in [1.807, 2.05) is 18.4 Å². The van der Waals surface area contributed by atoms with Crippen molar-refractivity contribution in [3.63, 3.8) is 0 Å². The van der Waals surface area contributed by atoms with Gasteiger partial charge in [-0.2, -0.15) is 0 Å². The molecule has 114 valence electrons. The number of halogens is 1. The van der Waals surface area contributed by atoms with Gasteiger partial charge >= 0.3 is 0 Å². The fourth-order valence-corrected chi connectivity index (χ4v) is 3.02.